The fourth-order valence-electron chi connectivity index (χ4n) is 2.15. The zero-order valence-electron chi connectivity index (χ0n) is 20.0. The molecule has 9 nitrogen and oxygen atoms in total. The molecule has 3 unspecified atom stereocenters. The Labute approximate surface area is 192 Å². The molecule has 1 aromatic carbocycles. The Morgan fingerprint density at radius 2 is 1.44 bits per heavy atom. The number of benzene rings is 1. The number of carbonyl (C=O) groups is 2. The molecule has 0 saturated carbocycles. The fraction of sp³-hybridized carbons (Fsp3) is 0.652. The molecule has 2 amide bonds. The summed E-state index contributed by atoms with van der Waals surface area (Å²) in [5.41, 5.74) is 3.34. The number of unbranched alkanes of at least 4 members (excludes halogenated alkanes) is 1. The first kappa shape index (κ1) is 32.1. The van der Waals surface area contributed by atoms with Crippen molar-refractivity contribution in [3.8, 4) is 0 Å². The second-order valence-electron chi connectivity index (χ2n) is 7.02. The monoisotopic (exact) mass is 458 g/mol. The Morgan fingerprint density at radius 1 is 0.969 bits per heavy atom. The van der Waals surface area contributed by atoms with Gasteiger partial charge in [0.1, 0.15) is 5.92 Å². The summed E-state index contributed by atoms with van der Waals surface area (Å²) >= 11 is 0. The number of carbonyl (C=O) groups excluding carboxylic acids is 2. The van der Waals surface area contributed by atoms with Crippen LogP contribution in [0.15, 0.2) is 30.3 Å². The molecule has 0 spiro atoms. The lowest BCUT2D eigenvalue weighted by Gasteiger charge is -2.14. The molecule has 3 atom stereocenters. The summed E-state index contributed by atoms with van der Waals surface area (Å²) < 4.78 is 4.83. The van der Waals surface area contributed by atoms with Gasteiger partial charge in [0.05, 0.1) is 31.1 Å². The highest BCUT2D eigenvalue weighted by molar-refractivity contribution is 6.14. The zero-order valence-corrected chi connectivity index (χ0v) is 20.0. The summed E-state index contributed by atoms with van der Waals surface area (Å²) in [6.07, 6.45) is 1.39. The van der Waals surface area contributed by atoms with Crippen LogP contribution in [0.3, 0.4) is 0 Å². The molecule has 0 bridgehead atoms. The van der Waals surface area contributed by atoms with E-state index in [1.54, 1.807) is 12.1 Å². The predicted octanol–water partition coefficient (Wildman–Crippen LogP) is 1.63. The molecule has 2 rings (SSSR count). The van der Waals surface area contributed by atoms with Crippen LogP contribution in [0.1, 0.15) is 53.9 Å². The maximum absolute atomic E-state index is 12.1. The molecular weight excluding hydrogens is 416 g/mol. The lowest BCUT2D eigenvalue weighted by Crippen LogP contribution is -2.35. The van der Waals surface area contributed by atoms with Crippen molar-refractivity contribution in [3.63, 3.8) is 0 Å². The molecule has 1 heterocycles. The number of para-hydroxylation sites is 1. The quantitative estimate of drug-likeness (QED) is 0.373. The van der Waals surface area contributed by atoms with Gasteiger partial charge in [0.2, 0.25) is 0 Å². The SMILES string of the molecule is CC(O)CO.CC(O)CO.CCCCC1C(=O)NN(c2ccccc2)C1=O.CCOCC. The van der Waals surface area contributed by atoms with Gasteiger partial charge >= 0.3 is 0 Å². The number of hydrogen-bond acceptors (Lipinski definition) is 7. The summed E-state index contributed by atoms with van der Waals surface area (Å²) in [7, 11) is 0. The van der Waals surface area contributed by atoms with E-state index < -0.39 is 18.1 Å². The largest absolute Gasteiger partial charge is 0.394 e. The van der Waals surface area contributed by atoms with E-state index in [9.17, 15) is 9.59 Å². The summed E-state index contributed by atoms with van der Waals surface area (Å²) in [6.45, 7) is 10.5. The van der Waals surface area contributed by atoms with Gasteiger partial charge in [0.15, 0.2) is 0 Å². The van der Waals surface area contributed by atoms with Crippen LogP contribution in [-0.4, -0.2) is 70.9 Å². The van der Waals surface area contributed by atoms with Gasteiger partial charge in [0.25, 0.3) is 11.8 Å². The van der Waals surface area contributed by atoms with Crippen molar-refractivity contribution in [2.45, 2.75) is 66.1 Å². The van der Waals surface area contributed by atoms with Gasteiger partial charge in [0, 0.05) is 13.2 Å². The minimum Gasteiger partial charge on any atom is -0.394 e. The molecule has 1 fully saturated rings. The fourth-order valence-corrected chi connectivity index (χ4v) is 2.15. The Hall–Kier alpha value is -2.04. The second kappa shape index (κ2) is 20.8. The number of aliphatic hydroxyl groups is 4. The number of hydrazine groups is 1. The first-order chi connectivity index (χ1) is 15.2. The number of nitrogens with zero attached hydrogens (tertiary/aromatic N) is 1. The Morgan fingerprint density at radius 3 is 1.78 bits per heavy atom. The third-order valence-corrected chi connectivity index (χ3v) is 3.85. The van der Waals surface area contributed by atoms with Crippen molar-refractivity contribution in [1.29, 1.82) is 0 Å². The first-order valence-corrected chi connectivity index (χ1v) is 11.0. The Kier molecular flexibility index (Phi) is 20.9. The highest BCUT2D eigenvalue weighted by Crippen LogP contribution is 2.22. The molecule has 1 aliphatic rings. The van der Waals surface area contributed by atoms with Crippen LogP contribution in [0.5, 0.6) is 0 Å². The van der Waals surface area contributed by atoms with Gasteiger partial charge in [-0.2, -0.15) is 0 Å². The predicted molar refractivity (Wildman–Crippen MR) is 125 cm³/mol. The lowest BCUT2D eigenvalue weighted by atomic mass is 10.0. The molecule has 0 aliphatic carbocycles. The first-order valence-electron chi connectivity index (χ1n) is 11.0. The number of anilines is 1. The van der Waals surface area contributed by atoms with E-state index in [1.807, 2.05) is 39.0 Å². The van der Waals surface area contributed by atoms with Crippen molar-refractivity contribution in [2.75, 3.05) is 31.4 Å². The zero-order chi connectivity index (χ0) is 24.9. The van der Waals surface area contributed by atoms with E-state index >= 15 is 0 Å². The van der Waals surface area contributed by atoms with E-state index in [0.717, 1.165) is 26.1 Å². The minimum atomic E-state index is -0.560. The lowest BCUT2D eigenvalue weighted by molar-refractivity contribution is -0.127. The topological polar surface area (TPSA) is 140 Å². The molecule has 0 aromatic heterocycles. The molecule has 5 N–H and O–H groups in total. The van der Waals surface area contributed by atoms with Crippen molar-refractivity contribution in [1.82, 2.24) is 5.43 Å². The normalized spacial score (nSPS) is 16.4. The van der Waals surface area contributed by atoms with E-state index in [-0.39, 0.29) is 25.0 Å². The highest BCUT2D eigenvalue weighted by atomic mass is 16.5. The molecule has 32 heavy (non-hydrogen) atoms. The number of hydrogen-bond donors (Lipinski definition) is 5. The van der Waals surface area contributed by atoms with E-state index in [1.165, 1.54) is 18.9 Å². The third-order valence-electron chi connectivity index (χ3n) is 3.85. The third kappa shape index (κ3) is 15.7. The molecule has 9 heteroatoms. The summed E-state index contributed by atoms with van der Waals surface area (Å²) in [6, 6.07) is 9.17. The maximum atomic E-state index is 12.1. The standard InChI is InChI=1S/C13H16N2O2.C4H10O.2C3H8O2/c1-2-3-9-11-12(16)14-15(13(11)17)10-7-5-4-6-8-10;1-3-5-4-2;2*1-3(5)2-4/h4-8,11H,2-3,9H2,1H3,(H,14,16);3-4H2,1-2H3;2*3-5H,2H2,1H3. The van der Waals surface area contributed by atoms with Crippen LogP contribution in [-0.2, 0) is 14.3 Å². The summed E-state index contributed by atoms with van der Waals surface area (Å²) in [4.78, 5) is 23.8. The second-order valence-corrected chi connectivity index (χ2v) is 7.02. The Balaban J connectivity index is 0. The summed E-state index contributed by atoms with van der Waals surface area (Å²) in [5.74, 6) is -0.850. The number of ether oxygens (including phenoxy) is 1. The number of amides is 2. The van der Waals surface area contributed by atoms with Gasteiger partial charge < -0.3 is 25.2 Å². The molecular formula is C23H42N2O7. The van der Waals surface area contributed by atoms with Crippen LogP contribution >= 0.6 is 0 Å². The molecule has 1 aromatic rings. The van der Waals surface area contributed by atoms with Crippen molar-refractivity contribution >= 4 is 17.5 Å². The van der Waals surface area contributed by atoms with Gasteiger partial charge in [-0.1, -0.05) is 38.0 Å². The van der Waals surface area contributed by atoms with Crippen molar-refractivity contribution in [2.24, 2.45) is 5.92 Å². The highest BCUT2D eigenvalue weighted by Gasteiger charge is 2.39. The van der Waals surface area contributed by atoms with Crippen LogP contribution in [0, 0.1) is 5.92 Å². The number of nitrogens with one attached hydrogen (secondary N) is 1. The van der Waals surface area contributed by atoms with Crippen LogP contribution in [0.25, 0.3) is 0 Å². The van der Waals surface area contributed by atoms with Crippen molar-refractivity contribution in [3.05, 3.63) is 30.3 Å². The van der Waals surface area contributed by atoms with E-state index in [2.05, 4.69) is 5.43 Å². The molecule has 1 aliphatic heterocycles. The van der Waals surface area contributed by atoms with Crippen molar-refractivity contribution < 1.29 is 34.8 Å². The Bertz CT molecular complexity index is 573. The summed E-state index contributed by atoms with van der Waals surface area (Å²) in [5, 5.41) is 33.4. The number of aliphatic hydroxyl groups excluding tert-OH is 4. The van der Waals surface area contributed by atoms with Crippen LogP contribution in [0.4, 0.5) is 5.69 Å². The average Bonchev–Trinajstić information content (AvgIpc) is 3.08. The van der Waals surface area contributed by atoms with Gasteiger partial charge in [-0.3, -0.25) is 15.0 Å². The van der Waals surface area contributed by atoms with Crippen LogP contribution < -0.4 is 10.4 Å². The van der Waals surface area contributed by atoms with Gasteiger partial charge in [-0.25, -0.2) is 5.01 Å². The van der Waals surface area contributed by atoms with E-state index in [0.29, 0.717) is 12.1 Å². The van der Waals surface area contributed by atoms with E-state index in [4.69, 9.17) is 25.2 Å². The van der Waals surface area contributed by atoms with Gasteiger partial charge in [-0.15, -0.1) is 0 Å². The van der Waals surface area contributed by atoms with Gasteiger partial charge in [-0.05, 0) is 46.2 Å². The molecule has 1 saturated heterocycles. The molecule has 0 radical (unpaired) electrons. The maximum Gasteiger partial charge on any atom is 0.258 e. The molecule has 186 valence electrons. The smallest absolute Gasteiger partial charge is 0.258 e. The number of rotatable bonds is 8. The average molecular weight is 459 g/mol. The minimum absolute atomic E-state index is 0.139. The van der Waals surface area contributed by atoms with Crippen LogP contribution in [0.2, 0.25) is 0 Å².